The molecule has 2 aromatic carbocycles. The fourth-order valence-corrected chi connectivity index (χ4v) is 3.50. The lowest BCUT2D eigenvalue weighted by molar-refractivity contribution is -0.129. The summed E-state index contributed by atoms with van der Waals surface area (Å²) in [6, 6.07) is 15.5. The van der Waals surface area contributed by atoms with Gasteiger partial charge in [-0.15, -0.1) is 0 Å². The smallest absolute Gasteiger partial charge is 0.336 e. The summed E-state index contributed by atoms with van der Waals surface area (Å²) in [6.45, 7) is 5.22. The molecule has 0 saturated heterocycles. The molecule has 1 amide bonds. The Balaban J connectivity index is 1.67. The second-order valence-electron chi connectivity index (χ2n) is 8.44. The van der Waals surface area contributed by atoms with Crippen molar-refractivity contribution in [3.05, 3.63) is 83.3 Å². The van der Waals surface area contributed by atoms with E-state index in [1.807, 2.05) is 25.1 Å². The maximum atomic E-state index is 12.5. The molecule has 9 nitrogen and oxygen atoms in total. The minimum absolute atomic E-state index is 0.102. The third-order valence-electron chi connectivity index (χ3n) is 5.51. The predicted octanol–water partition coefficient (Wildman–Crippen LogP) is 5.71. The van der Waals surface area contributed by atoms with E-state index in [9.17, 15) is 14.9 Å². The fourth-order valence-electron chi connectivity index (χ4n) is 3.50. The average Bonchev–Trinajstić information content (AvgIpc) is 3.49. The normalized spacial score (nSPS) is 11.1. The molecular formula is C31H32N2O7. The highest BCUT2D eigenvalue weighted by Gasteiger charge is 2.13. The van der Waals surface area contributed by atoms with Crippen LogP contribution in [0.3, 0.4) is 0 Å². The van der Waals surface area contributed by atoms with Gasteiger partial charge in [-0.2, -0.15) is 5.26 Å². The van der Waals surface area contributed by atoms with Gasteiger partial charge < -0.3 is 28.7 Å². The summed E-state index contributed by atoms with van der Waals surface area (Å²) < 4.78 is 27.5. The standard InChI is InChI=1S/C31H32N2O7/c1-4-6-15-39-26-12-9-22(18-29(26)37-5-2)11-14-30(34)40-27-13-10-23(19-28(27)36-3)17-24(20-32)31(35)33-21-25-8-7-16-38-25/h7-14,16-19H,4-6,15,21H2,1-3H3,(H,33,35)/b14-11+,24-17+. The van der Waals surface area contributed by atoms with E-state index in [-0.39, 0.29) is 23.6 Å². The Kier molecular flexibility index (Phi) is 11.4. The van der Waals surface area contributed by atoms with E-state index in [4.69, 9.17) is 23.4 Å². The number of furan rings is 1. The van der Waals surface area contributed by atoms with Crippen molar-refractivity contribution in [2.24, 2.45) is 0 Å². The van der Waals surface area contributed by atoms with Crippen molar-refractivity contribution in [1.82, 2.24) is 5.32 Å². The minimum atomic E-state index is -0.613. The van der Waals surface area contributed by atoms with Gasteiger partial charge in [0, 0.05) is 6.08 Å². The number of nitriles is 1. The lowest BCUT2D eigenvalue weighted by Gasteiger charge is -2.12. The second kappa shape index (κ2) is 15.4. The van der Waals surface area contributed by atoms with Gasteiger partial charge in [0.2, 0.25) is 0 Å². The second-order valence-corrected chi connectivity index (χ2v) is 8.44. The van der Waals surface area contributed by atoms with Crippen LogP contribution in [0.4, 0.5) is 0 Å². The topological polar surface area (TPSA) is 120 Å². The third-order valence-corrected chi connectivity index (χ3v) is 5.51. The van der Waals surface area contributed by atoms with Crippen LogP contribution in [0, 0.1) is 11.3 Å². The number of hydrogen-bond donors (Lipinski definition) is 1. The Morgan fingerprint density at radius 1 is 1.00 bits per heavy atom. The summed E-state index contributed by atoms with van der Waals surface area (Å²) in [6.07, 6.45) is 7.80. The number of methoxy groups -OCH3 is 1. The first kappa shape index (κ1) is 29.6. The van der Waals surface area contributed by atoms with E-state index in [0.29, 0.717) is 36.0 Å². The summed E-state index contributed by atoms with van der Waals surface area (Å²) >= 11 is 0. The van der Waals surface area contributed by atoms with Gasteiger partial charge in [0.05, 0.1) is 33.1 Å². The van der Waals surface area contributed by atoms with Crippen LogP contribution in [0.15, 0.2) is 70.9 Å². The maximum Gasteiger partial charge on any atom is 0.336 e. The van der Waals surface area contributed by atoms with Crippen LogP contribution >= 0.6 is 0 Å². The molecule has 40 heavy (non-hydrogen) atoms. The Labute approximate surface area is 233 Å². The zero-order chi connectivity index (χ0) is 28.7. The lowest BCUT2D eigenvalue weighted by atomic mass is 10.1. The zero-order valence-corrected chi connectivity index (χ0v) is 22.8. The van der Waals surface area contributed by atoms with E-state index in [1.165, 1.54) is 31.6 Å². The number of nitrogens with one attached hydrogen (secondary N) is 1. The van der Waals surface area contributed by atoms with Crippen LogP contribution in [-0.2, 0) is 16.1 Å². The molecule has 208 valence electrons. The number of ether oxygens (including phenoxy) is 4. The van der Waals surface area contributed by atoms with E-state index in [2.05, 4.69) is 12.2 Å². The van der Waals surface area contributed by atoms with Gasteiger partial charge in [0.25, 0.3) is 5.91 Å². The van der Waals surface area contributed by atoms with Crippen molar-refractivity contribution in [1.29, 1.82) is 5.26 Å². The average molecular weight is 545 g/mol. The fraction of sp³-hybridized carbons (Fsp3) is 0.258. The monoisotopic (exact) mass is 544 g/mol. The Morgan fingerprint density at radius 2 is 1.77 bits per heavy atom. The molecule has 0 aliphatic rings. The first-order valence-corrected chi connectivity index (χ1v) is 12.9. The molecule has 0 spiro atoms. The molecule has 3 aromatic rings. The number of amides is 1. The van der Waals surface area contributed by atoms with Crippen molar-refractivity contribution in [2.45, 2.75) is 33.2 Å². The molecule has 0 aliphatic carbocycles. The molecule has 0 bridgehead atoms. The zero-order valence-electron chi connectivity index (χ0n) is 22.8. The van der Waals surface area contributed by atoms with Gasteiger partial charge in [-0.05, 0) is 73.0 Å². The lowest BCUT2D eigenvalue weighted by Crippen LogP contribution is -2.23. The highest BCUT2D eigenvalue weighted by molar-refractivity contribution is 6.01. The summed E-state index contributed by atoms with van der Waals surface area (Å²) in [4.78, 5) is 24.9. The Hall–Kier alpha value is -4.97. The van der Waals surface area contributed by atoms with Crippen LogP contribution in [-0.4, -0.2) is 32.2 Å². The maximum absolute atomic E-state index is 12.5. The van der Waals surface area contributed by atoms with Gasteiger partial charge in [-0.25, -0.2) is 4.79 Å². The minimum Gasteiger partial charge on any atom is -0.493 e. The van der Waals surface area contributed by atoms with E-state index >= 15 is 0 Å². The SMILES string of the molecule is CCCCOc1ccc(/C=C/C(=O)Oc2ccc(/C=C(\C#N)C(=O)NCc3ccco3)cc2OC)cc1OCC. The number of hydrogen-bond acceptors (Lipinski definition) is 8. The van der Waals surface area contributed by atoms with E-state index < -0.39 is 11.9 Å². The summed E-state index contributed by atoms with van der Waals surface area (Å²) in [5, 5.41) is 12.1. The van der Waals surface area contributed by atoms with Crippen LogP contribution in [0.1, 0.15) is 43.6 Å². The largest absolute Gasteiger partial charge is 0.493 e. The molecule has 3 rings (SSSR count). The first-order valence-electron chi connectivity index (χ1n) is 12.9. The molecule has 9 heteroatoms. The summed E-state index contributed by atoms with van der Waals surface area (Å²) in [5.74, 6) is 1.11. The van der Waals surface area contributed by atoms with Crippen molar-refractivity contribution in [3.8, 4) is 29.1 Å². The molecule has 0 fully saturated rings. The molecule has 0 radical (unpaired) electrons. The summed E-state index contributed by atoms with van der Waals surface area (Å²) in [7, 11) is 1.43. The van der Waals surface area contributed by atoms with Crippen LogP contribution in [0.25, 0.3) is 12.2 Å². The van der Waals surface area contributed by atoms with E-state index in [1.54, 1.807) is 36.4 Å². The van der Waals surface area contributed by atoms with Gasteiger partial charge in [0.15, 0.2) is 23.0 Å². The Morgan fingerprint density at radius 3 is 2.48 bits per heavy atom. The number of carbonyl (C=O) groups excluding carboxylic acids is 2. The number of carbonyl (C=O) groups is 2. The molecule has 0 atom stereocenters. The van der Waals surface area contributed by atoms with Crippen molar-refractivity contribution in [3.63, 3.8) is 0 Å². The predicted molar refractivity (Wildman–Crippen MR) is 150 cm³/mol. The van der Waals surface area contributed by atoms with Crippen LogP contribution in [0.2, 0.25) is 0 Å². The van der Waals surface area contributed by atoms with Gasteiger partial charge >= 0.3 is 5.97 Å². The van der Waals surface area contributed by atoms with Gasteiger partial charge in [0.1, 0.15) is 17.4 Å². The first-order chi connectivity index (χ1) is 19.5. The summed E-state index contributed by atoms with van der Waals surface area (Å²) in [5.41, 5.74) is 1.15. The van der Waals surface area contributed by atoms with Crippen molar-refractivity contribution < 1.29 is 33.0 Å². The number of rotatable bonds is 14. The number of unbranched alkanes of at least 4 members (excludes halogenated alkanes) is 1. The molecule has 1 N–H and O–H groups in total. The van der Waals surface area contributed by atoms with E-state index in [0.717, 1.165) is 18.4 Å². The molecule has 1 heterocycles. The van der Waals surface area contributed by atoms with Crippen molar-refractivity contribution >= 4 is 24.0 Å². The third kappa shape index (κ3) is 8.81. The quantitative estimate of drug-likeness (QED) is 0.0901. The van der Waals surface area contributed by atoms with Crippen LogP contribution < -0.4 is 24.3 Å². The molecule has 0 saturated carbocycles. The number of esters is 1. The highest BCUT2D eigenvalue weighted by Crippen LogP contribution is 2.31. The number of benzene rings is 2. The molecule has 1 aromatic heterocycles. The van der Waals surface area contributed by atoms with Gasteiger partial charge in [-0.3, -0.25) is 4.79 Å². The van der Waals surface area contributed by atoms with Crippen LogP contribution in [0.5, 0.6) is 23.0 Å². The Bertz CT molecular complexity index is 1390. The molecule has 0 unspecified atom stereocenters. The number of nitrogens with zero attached hydrogens (tertiary/aromatic N) is 1. The van der Waals surface area contributed by atoms with Gasteiger partial charge in [-0.1, -0.05) is 25.5 Å². The molecule has 0 aliphatic heterocycles. The molecular weight excluding hydrogens is 512 g/mol. The van der Waals surface area contributed by atoms with Crippen molar-refractivity contribution in [2.75, 3.05) is 20.3 Å². The highest BCUT2D eigenvalue weighted by atomic mass is 16.6.